The predicted molar refractivity (Wildman–Crippen MR) is 62.1 cm³/mol. The molecule has 3 nitrogen and oxygen atoms in total. The van der Waals surface area contributed by atoms with Crippen molar-refractivity contribution in [1.82, 2.24) is 0 Å². The Hall–Kier alpha value is -1.05. The van der Waals surface area contributed by atoms with Crippen molar-refractivity contribution in [3.8, 4) is 6.07 Å². The molecule has 1 atom stereocenters. The fourth-order valence-electron chi connectivity index (χ4n) is 1.17. The van der Waals surface area contributed by atoms with E-state index in [9.17, 15) is 4.21 Å². The second-order valence-electron chi connectivity index (χ2n) is 3.03. The van der Waals surface area contributed by atoms with Crippen molar-refractivity contribution in [2.75, 3.05) is 12.8 Å². The summed E-state index contributed by atoms with van der Waals surface area (Å²) in [4.78, 5) is 0. The van der Waals surface area contributed by atoms with E-state index in [1.54, 1.807) is 18.2 Å². The zero-order valence-corrected chi connectivity index (χ0v) is 9.88. The molecule has 5 heteroatoms. The van der Waals surface area contributed by atoms with E-state index in [2.05, 4.69) is 4.36 Å². The third kappa shape index (κ3) is 3.54. The van der Waals surface area contributed by atoms with E-state index in [1.807, 2.05) is 12.1 Å². The highest BCUT2D eigenvalue weighted by atomic mass is 35.5. The molecule has 80 valence electrons. The molecule has 0 aliphatic carbocycles. The van der Waals surface area contributed by atoms with Gasteiger partial charge in [-0.05, 0) is 17.7 Å². The Labute approximate surface area is 94.9 Å². The molecule has 0 radical (unpaired) electrons. The smallest absolute Gasteiger partial charge is 0.119 e. The summed E-state index contributed by atoms with van der Waals surface area (Å²) in [5.74, 6) is 0.230. The number of nitrogens with zero attached hydrogens (tertiary/aromatic N) is 2. The molecule has 0 saturated heterocycles. The van der Waals surface area contributed by atoms with Gasteiger partial charge in [0, 0.05) is 12.1 Å². The fraction of sp³-hybridized carbons (Fsp3) is 0.300. The topological polar surface area (TPSA) is 53.2 Å². The molecule has 0 aliphatic rings. The van der Waals surface area contributed by atoms with Crippen LogP contribution in [0.25, 0.3) is 0 Å². The predicted octanol–water partition coefficient (Wildman–Crippen LogP) is 2.46. The lowest BCUT2D eigenvalue weighted by Crippen LogP contribution is -2.07. The summed E-state index contributed by atoms with van der Waals surface area (Å²) in [7, 11) is -0.965. The van der Waals surface area contributed by atoms with Crippen LogP contribution in [0.4, 0.5) is 0 Å². The number of rotatable bonds is 3. The van der Waals surface area contributed by atoms with Crippen LogP contribution < -0.4 is 0 Å². The highest BCUT2D eigenvalue weighted by molar-refractivity contribution is 7.93. The van der Waals surface area contributed by atoms with Gasteiger partial charge in [-0.1, -0.05) is 23.7 Å². The minimum atomic E-state index is -2.44. The summed E-state index contributed by atoms with van der Waals surface area (Å²) in [5.41, 5.74) is 0.841. The van der Waals surface area contributed by atoms with Crippen LogP contribution in [0, 0.1) is 11.3 Å². The first-order chi connectivity index (χ1) is 7.09. The molecule has 0 bridgehead atoms. The summed E-state index contributed by atoms with van der Waals surface area (Å²) in [6.07, 6.45) is 0. The van der Waals surface area contributed by atoms with Gasteiger partial charge < -0.3 is 0 Å². The van der Waals surface area contributed by atoms with E-state index in [1.165, 1.54) is 7.05 Å². The van der Waals surface area contributed by atoms with Crippen molar-refractivity contribution in [2.24, 2.45) is 4.36 Å². The van der Waals surface area contributed by atoms with Crippen LogP contribution in [-0.2, 0) is 15.5 Å². The standard InChI is InChI=1S/C10H11ClN2OS/c1-13-15(14,6-5-12)8-9-3-2-4-10(11)7-9/h2-4,7H,6,8H2,1H3. The van der Waals surface area contributed by atoms with Crippen molar-refractivity contribution >= 4 is 21.3 Å². The van der Waals surface area contributed by atoms with Gasteiger partial charge in [-0.15, -0.1) is 0 Å². The van der Waals surface area contributed by atoms with Crippen molar-refractivity contribution < 1.29 is 4.21 Å². The molecule has 0 spiro atoms. The van der Waals surface area contributed by atoms with Crippen LogP contribution in [0.2, 0.25) is 5.02 Å². The monoisotopic (exact) mass is 242 g/mol. The molecule has 0 amide bonds. The van der Waals surface area contributed by atoms with E-state index in [-0.39, 0.29) is 11.5 Å². The average molecular weight is 243 g/mol. The Morgan fingerprint density at radius 1 is 1.60 bits per heavy atom. The molecule has 0 heterocycles. The summed E-state index contributed by atoms with van der Waals surface area (Å²) in [6.45, 7) is 0. The van der Waals surface area contributed by atoms with Crippen LogP contribution in [0.15, 0.2) is 28.6 Å². The Bertz CT molecular complexity index is 498. The second kappa shape index (κ2) is 5.15. The van der Waals surface area contributed by atoms with Gasteiger partial charge in [-0.3, -0.25) is 0 Å². The lowest BCUT2D eigenvalue weighted by molar-refractivity contribution is 0.678. The Morgan fingerprint density at radius 2 is 2.33 bits per heavy atom. The highest BCUT2D eigenvalue weighted by Gasteiger charge is 2.08. The Kier molecular flexibility index (Phi) is 4.13. The van der Waals surface area contributed by atoms with Crippen LogP contribution in [0.3, 0.4) is 0 Å². The molecular weight excluding hydrogens is 232 g/mol. The van der Waals surface area contributed by atoms with E-state index in [4.69, 9.17) is 16.9 Å². The molecule has 0 N–H and O–H groups in total. The fourth-order valence-corrected chi connectivity index (χ4v) is 2.64. The quantitative estimate of drug-likeness (QED) is 0.818. The minimum absolute atomic E-state index is 0.0456. The van der Waals surface area contributed by atoms with Crippen molar-refractivity contribution in [1.29, 1.82) is 5.26 Å². The number of halogens is 1. The Balaban J connectivity index is 2.96. The van der Waals surface area contributed by atoms with Gasteiger partial charge in [0.25, 0.3) is 0 Å². The molecule has 1 unspecified atom stereocenters. The van der Waals surface area contributed by atoms with E-state index < -0.39 is 9.73 Å². The van der Waals surface area contributed by atoms with E-state index in [0.717, 1.165) is 5.56 Å². The second-order valence-corrected chi connectivity index (χ2v) is 5.96. The molecule has 1 rings (SSSR count). The maximum absolute atomic E-state index is 12.0. The summed E-state index contributed by atoms with van der Waals surface area (Å²) < 4.78 is 15.8. The molecule has 0 saturated carbocycles. The van der Waals surface area contributed by atoms with Gasteiger partial charge in [0.2, 0.25) is 0 Å². The zero-order chi connectivity index (χ0) is 11.3. The van der Waals surface area contributed by atoms with Gasteiger partial charge in [0.15, 0.2) is 0 Å². The maximum Gasteiger partial charge on any atom is 0.119 e. The molecular formula is C10H11ClN2OS. The van der Waals surface area contributed by atoms with Crippen LogP contribution in [-0.4, -0.2) is 17.0 Å². The molecule has 0 aromatic heterocycles. The van der Waals surface area contributed by atoms with Gasteiger partial charge in [0.05, 0.1) is 21.6 Å². The van der Waals surface area contributed by atoms with Gasteiger partial charge in [-0.25, -0.2) is 8.57 Å². The molecule has 15 heavy (non-hydrogen) atoms. The minimum Gasteiger partial charge on any atom is -0.248 e. The average Bonchev–Trinajstić information content (AvgIpc) is 2.18. The van der Waals surface area contributed by atoms with Crippen LogP contribution in [0.1, 0.15) is 5.56 Å². The van der Waals surface area contributed by atoms with Crippen molar-refractivity contribution in [3.05, 3.63) is 34.9 Å². The van der Waals surface area contributed by atoms with E-state index in [0.29, 0.717) is 5.02 Å². The van der Waals surface area contributed by atoms with Gasteiger partial charge in [-0.2, -0.15) is 5.26 Å². The first-order valence-corrected chi connectivity index (χ1v) is 6.55. The molecule has 0 fully saturated rings. The van der Waals surface area contributed by atoms with Crippen LogP contribution in [0.5, 0.6) is 0 Å². The summed E-state index contributed by atoms with van der Waals surface area (Å²) in [5, 5.41) is 9.15. The maximum atomic E-state index is 12.0. The Morgan fingerprint density at radius 3 is 2.87 bits per heavy atom. The van der Waals surface area contributed by atoms with Gasteiger partial charge in [0.1, 0.15) is 5.75 Å². The summed E-state index contributed by atoms with van der Waals surface area (Å²) in [6, 6.07) is 9.00. The van der Waals surface area contributed by atoms with E-state index >= 15 is 0 Å². The normalized spacial score (nSPS) is 13.9. The lowest BCUT2D eigenvalue weighted by Gasteiger charge is -2.05. The third-order valence-electron chi connectivity index (χ3n) is 1.90. The zero-order valence-electron chi connectivity index (χ0n) is 8.31. The van der Waals surface area contributed by atoms with Gasteiger partial charge >= 0.3 is 0 Å². The third-order valence-corrected chi connectivity index (χ3v) is 4.17. The number of hydrogen-bond acceptors (Lipinski definition) is 3. The molecule has 1 aromatic rings. The lowest BCUT2D eigenvalue weighted by atomic mass is 10.2. The van der Waals surface area contributed by atoms with Crippen molar-refractivity contribution in [3.63, 3.8) is 0 Å². The largest absolute Gasteiger partial charge is 0.248 e. The van der Waals surface area contributed by atoms with Crippen LogP contribution >= 0.6 is 11.6 Å². The number of benzene rings is 1. The SMILES string of the molecule is CN=S(=O)(CC#N)Cc1cccc(Cl)c1. The first-order valence-electron chi connectivity index (χ1n) is 4.31. The first kappa shape index (κ1) is 12.0. The molecule has 0 aliphatic heterocycles. The number of nitriles is 1. The molecule has 1 aromatic carbocycles. The summed E-state index contributed by atoms with van der Waals surface area (Å²) >= 11 is 5.81. The number of hydrogen-bond donors (Lipinski definition) is 0. The highest BCUT2D eigenvalue weighted by Crippen LogP contribution is 2.14. The van der Waals surface area contributed by atoms with Crippen molar-refractivity contribution in [2.45, 2.75) is 5.75 Å².